The zero-order chi connectivity index (χ0) is 22.4. The van der Waals surface area contributed by atoms with Gasteiger partial charge in [0.15, 0.2) is 11.5 Å². The highest BCUT2D eigenvalue weighted by atomic mass is 32.1. The van der Waals surface area contributed by atoms with Gasteiger partial charge in [0.1, 0.15) is 6.10 Å². The lowest BCUT2D eigenvalue weighted by Crippen LogP contribution is -2.53. The molecule has 166 valence electrons. The molecule has 0 aliphatic heterocycles. The molecule has 1 saturated carbocycles. The standard InChI is InChI=1S/C23H28N2O5S/c1-24-22(31)23(16-8-7-11-25-14-16)10-6-5-9-19(23)30-21(26)15-12-17(27-2)20(29-4)18(13-15)28-3/h7-8,11-14,19H,5-6,9-10H2,1-4H3,(H,24,31)/t19-,23+/m1/s1. The van der Waals surface area contributed by atoms with Gasteiger partial charge in [-0.15, -0.1) is 0 Å². The molecular weight excluding hydrogens is 416 g/mol. The molecule has 0 unspecified atom stereocenters. The number of nitrogens with zero attached hydrogens (tertiary/aromatic N) is 1. The van der Waals surface area contributed by atoms with Crippen LogP contribution in [-0.2, 0) is 10.2 Å². The van der Waals surface area contributed by atoms with Crippen LogP contribution in [0.3, 0.4) is 0 Å². The zero-order valence-electron chi connectivity index (χ0n) is 18.3. The number of carbonyl (C=O) groups excluding carboxylic acids is 1. The third kappa shape index (κ3) is 4.30. The molecule has 3 rings (SSSR count). The highest BCUT2D eigenvalue weighted by Crippen LogP contribution is 2.43. The number of hydrogen-bond acceptors (Lipinski definition) is 7. The Hall–Kier alpha value is -2.87. The minimum absolute atomic E-state index is 0.315. The highest BCUT2D eigenvalue weighted by Gasteiger charge is 2.48. The van der Waals surface area contributed by atoms with Crippen molar-refractivity contribution >= 4 is 23.2 Å². The number of carbonyl (C=O) groups is 1. The van der Waals surface area contributed by atoms with Crippen LogP contribution < -0.4 is 19.5 Å². The number of pyridine rings is 1. The molecule has 1 aliphatic carbocycles. The summed E-state index contributed by atoms with van der Waals surface area (Å²) in [5.41, 5.74) is 0.625. The Labute approximate surface area is 188 Å². The predicted octanol–water partition coefficient (Wildman–Crippen LogP) is 3.69. The summed E-state index contributed by atoms with van der Waals surface area (Å²) in [4.78, 5) is 18.1. The molecule has 1 heterocycles. The second kappa shape index (κ2) is 9.96. The average molecular weight is 445 g/mol. The number of rotatable bonds is 7. The van der Waals surface area contributed by atoms with Gasteiger partial charge in [0.05, 0.1) is 37.3 Å². The Morgan fingerprint density at radius 3 is 2.42 bits per heavy atom. The summed E-state index contributed by atoms with van der Waals surface area (Å²) in [5, 5.41) is 3.12. The van der Waals surface area contributed by atoms with Gasteiger partial charge >= 0.3 is 5.97 Å². The maximum Gasteiger partial charge on any atom is 0.338 e. The molecule has 7 nitrogen and oxygen atoms in total. The summed E-state index contributed by atoms with van der Waals surface area (Å²) in [6.07, 6.45) is 6.49. The summed E-state index contributed by atoms with van der Waals surface area (Å²) in [5.74, 6) is 0.724. The Bertz CT molecular complexity index is 912. The van der Waals surface area contributed by atoms with Crippen molar-refractivity contribution in [3.63, 3.8) is 0 Å². The van der Waals surface area contributed by atoms with Crippen molar-refractivity contribution in [1.82, 2.24) is 10.3 Å². The number of thiocarbonyl (C=S) groups is 1. The van der Waals surface area contributed by atoms with Crippen molar-refractivity contribution < 1.29 is 23.7 Å². The number of hydrogen-bond donors (Lipinski definition) is 1. The predicted molar refractivity (Wildman–Crippen MR) is 121 cm³/mol. The topological polar surface area (TPSA) is 78.9 Å². The number of benzene rings is 1. The lowest BCUT2D eigenvalue weighted by Gasteiger charge is -2.43. The maximum absolute atomic E-state index is 13.2. The van der Waals surface area contributed by atoms with E-state index in [2.05, 4.69) is 10.3 Å². The second-order valence-corrected chi connectivity index (χ2v) is 7.75. The van der Waals surface area contributed by atoms with E-state index in [0.717, 1.165) is 24.8 Å². The Morgan fingerprint density at radius 2 is 1.87 bits per heavy atom. The van der Waals surface area contributed by atoms with Crippen LogP contribution >= 0.6 is 12.2 Å². The van der Waals surface area contributed by atoms with Crippen molar-refractivity contribution in [2.24, 2.45) is 0 Å². The van der Waals surface area contributed by atoms with Crippen molar-refractivity contribution in [1.29, 1.82) is 0 Å². The van der Waals surface area contributed by atoms with E-state index in [9.17, 15) is 4.79 Å². The number of esters is 1. The van der Waals surface area contributed by atoms with Gasteiger partial charge in [-0.1, -0.05) is 24.7 Å². The van der Waals surface area contributed by atoms with Crippen LogP contribution in [-0.4, -0.2) is 50.4 Å². The fraction of sp³-hybridized carbons (Fsp3) is 0.435. The summed E-state index contributed by atoms with van der Waals surface area (Å²) in [6.45, 7) is 0. The Balaban J connectivity index is 1.99. The summed E-state index contributed by atoms with van der Waals surface area (Å²) in [6, 6.07) is 7.05. The quantitative estimate of drug-likeness (QED) is 0.512. The lowest BCUT2D eigenvalue weighted by molar-refractivity contribution is 0.00423. The number of ether oxygens (including phenoxy) is 4. The minimum Gasteiger partial charge on any atom is -0.493 e. The fourth-order valence-corrected chi connectivity index (χ4v) is 4.62. The first kappa shape index (κ1) is 22.8. The van der Waals surface area contributed by atoms with E-state index in [1.54, 1.807) is 31.6 Å². The lowest BCUT2D eigenvalue weighted by atomic mass is 9.67. The van der Waals surface area contributed by atoms with Crippen LogP contribution in [0.5, 0.6) is 17.2 Å². The van der Waals surface area contributed by atoms with Gasteiger partial charge in [0.25, 0.3) is 0 Å². The largest absolute Gasteiger partial charge is 0.493 e. The zero-order valence-corrected chi connectivity index (χ0v) is 19.1. The van der Waals surface area contributed by atoms with Crippen LogP contribution in [0.15, 0.2) is 36.7 Å². The average Bonchev–Trinajstić information content (AvgIpc) is 2.83. The second-order valence-electron chi connectivity index (χ2n) is 7.35. The first-order valence-corrected chi connectivity index (χ1v) is 10.6. The molecule has 0 bridgehead atoms. The van der Waals surface area contributed by atoms with E-state index < -0.39 is 17.5 Å². The molecule has 0 amide bonds. The Kier molecular flexibility index (Phi) is 7.33. The van der Waals surface area contributed by atoms with Gasteiger partial charge in [0, 0.05) is 19.4 Å². The molecule has 2 aromatic rings. The molecule has 1 N–H and O–H groups in total. The van der Waals surface area contributed by atoms with Crippen LogP contribution in [0, 0.1) is 0 Å². The van der Waals surface area contributed by atoms with Crippen molar-refractivity contribution in [3.05, 3.63) is 47.8 Å². The van der Waals surface area contributed by atoms with E-state index in [4.69, 9.17) is 31.2 Å². The molecule has 1 aromatic carbocycles. The summed E-state index contributed by atoms with van der Waals surface area (Å²) < 4.78 is 22.2. The molecule has 8 heteroatoms. The first-order valence-electron chi connectivity index (χ1n) is 10.2. The van der Waals surface area contributed by atoms with E-state index in [1.165, 1.54) is 21.3 Å². The molecule has 1 aliphatic rings. The van der Waals surface area contributed by atoms with Gasteiger partial charge < -0.3 is 24.3 Å². The molecule has 0 radical (unpaired) electrons. The normalized spacial score (nSPS) is 20.5. The maximum atomic E-state index is 13.2. The van der Waals surface area contributed by atoms with Crippen molar-refractivity contribution in [2.45, 2.75) is 37.2 Å². The van der Waals surface area contributed by atoms with Gasteiger partial charge in [0.2, 0.25) is 5.75 Å². The molecule has 1 fully saturated rings. The minimum atomic E-state index is -0.632. The Morgan fingerprint density at radius 1 is 1.16 bits per heavy atom. The third-order valence-corrected chi connectivity index (χ3v) is 6.36. The van der Waals surface area contributed by atoms with E-state index in [1.807, 2.05) is 12.1 Å². The monoisotopic (exact) mass is 444 g/mol. The number of methoxy groups -OCH3 is 3. The van der Waals surface area contributed by atoms with Gasteiger partial charge in [-0.05, 0) is 43.0 Å². The fourth-order valence-electron chi connectivity index (χ4n) is 4.27. The van der Waals surface area contributed by atoms with Gasteiger partial charge in [-0.25, -0.2) is 4.79 Å². The summed E-state index contributed by atoms with van der Waals surface area (Å²) >= 11 is 5.74. The summed E-state index contributed by atoms with van der Waals surface area (Å²) in [7, 11) is 6.33. The molecule has 2 atom stereocenters. The van der Waals surface area contributed by atoms with Crippen molar-refractivity contribution in [3.8, 4) is 17.2 Å². The van der Waals surface area contributed by atoms with Crippen molar-refractivity contribution in [2.75, 3.05) is 28.4 Å². The number of nitrogens with one attached hydrogen (secondary N) is 1. The van der Waals surface area contributed by atoms with Gasteiger partial charge in [-0.2, -0.15) is 0 Å². The van der Waals surface area contributed by atoms with Crippen LogP contribution in [0.4, 0.5) is 0 Å². The SMILES string of the molecule is CNC(=S)[C@]1(c2cccnc2)CCCC[C@H]1OC(=O)c1cc(OC)c(OC)c(OC)c1. The van der Waals surface area contributed by atoms with Crippen LogP contribution in [0.1, 0.15) is 41.6 Å². The molecular formula is C23H28N2O5S. The molecule has 0 saturated heterocycles. The van der Waals surface area contributed by atoms with E-state index in [-0.39, 0.29) is 0 Å². The van der Waals surface area contributed by atoms with E-state index in [0.29, 0.717) is 34.2 Å². The highest BCUT2D eigenvalue weighted by molar-refractivity contribution is 7.80. The number of aromatic nitrogens is 1. The first-order chi connectivity index (χ1) is 15.0. The van der Waals surface area contributed by atoms with E-state index >= 15 is 0 Å². The molecule has 0 spiro atoms. The van der Waals surface area contributed by atoms with Crippen LogP contribution in [0.25, 0.3) is 0 Å². The van der Waals surface area contributed by atoms with Gasteiger partial charge in [-0.3, -0.25) is 4.98 Å². The van der Waals surface area contributed by atoms with Crippen LogP contribution in [0.2, 0.25) is 0 Å². The molecule has 31 heavy (non-hydrogen) atoms. The smallest absolute Gasteiger partial charge is 0.338 e. The third-order valence-electron chi connectivity index (χ3n) is 5.80. The number of likely N-dealkylation sites (N-methyl/N-ethyl adjacent to an activating group) is 1. The molecule has 1 aromatic heterocycles.